The summed E-state index contributed by atoms with van der Waals surface area (Å²) < 4.78 is 12.3. The van der Waals surface area contributed by atoms with Gasteiger partial charge in [0.2, 0.25) is 0 Å². The summed E-state index contributed by atoms with van der Waals surface area (Å²) in [5.41, 5.74) is 7.26. The monoisotopic (exact) mass is 326 g/mol. The second-order valence-corrected chi connectivity index (χ2v) is 6.08. The molecule has 3 rings (SSSR count). The third-order valence-electron chi connectivity index (χ3n) is 3.65. The predicted molar refractivity (Wildman–Crippen MR) is 77.6 cm³/mol. The van der Waals surface area contributed by atoms with Gasteiger partial charge in [0.05, 0.1) is 0 Å². The maximum Gasteiger partial charge on any atom is 0.162 e. The number of nitrogens with two attached hydrogens (primary N) is 1. The summed E-state index contributed by atoms with van der Waals surface area (Å²) in [6.07, 6.45) is 2.32. The molecule has 1 atom stereocenters. The van der Waals surface area contributed by atoms with Gasteiger partial charge in [-0.1, -0.05) is 15.9 Å². The molecule has 1 unspecified atom stereocenters. The molecule has 2 heterocycles. The Kier molecular flexibility index (Phi) is 3.96. The quantitative estimate of drug-likeness (QED) is 0.904. The highest BCUT2D eigenvalue weighted by molar-refractivity contribution is 9.10. The Balaban J connectivity index is 1.76. The van der Waals surface area contributed by atoms with Gasteiger partial charge in [0.15, 0.2) is 11.5 Å². The molecule has 0 bridgehead atoms. The van der Waals surface area contributed by atoms with Gasteiger partial charge in [-0.25, -0.2) is 0 Å². The van der Waals surface area contributed by atoms with Gasteiger partial charge in [-0.05, 0) is 37.1 Å². The summed E-state index contributed by atoms with van der Waals surface area (Å²) in [4.78, 5) is 2.41. The zero-order valence-corrected chi connectivity index (χ0v) is 12.5. The van der Waals surface area contributed by atoms with Crippen LogP contribution in [-0.2, 0) is 6.54 Å². The number of likely N-dealkylation sites (tertiary alicyclic amines) is 1. The third-order valence-corrected chi connectivity index (χ3v) is 4.39. The fourth-order valence-electron chi connectivity index (χ4n) is 2.70. The van der Waals surface area contributed by atoms with Crippen molar-refractivity contribution in [3.63, 3.8) is 0 Å². The molecular formula is C14H19BrN2O2. The Labute approximate surface area is 122 Å². The van der Waals surface area contributed by atoms with Crippen LogP contribution in [0.4, 0.5) is 0 Å². The van der Waals surface area contributed by atoms with Crippen molar-refractivity contribution in [3.8, 4) is 11.5 Å². The number of halogens is 1. The van der Waals surface area contributed by atoms with Crippen LogP contribution in [0.5, 0.6) is 11.5 Å². The lowest BCUT2D eigenvalue weighted by Gasteiger charge is -2.31. The summed E-state index contributed by atoms with van der Waals surface area (Å²) in [5.74, 6) is 1.68. The van der Waals surface area contributed by atoms with E-state index in [1.54, 1.807) is 0 Å². The summed E-state index contributed by atoms with van der Waals surface area (Å²) in [5, 5.41) is 0. The Bertz CT molecular complexity index is 467. The van der Waals surface area contributed by atoms with E-state index in [4.69, 9.17) is 15.2 Å². The van der Waals surface area contributed by atoms with Crippen molar-refractivity contribution in [2.45, 2.75) is 25.4 Å². The van der Waals surface area contributed by atoms with Gasteiger partial charge in [-0.3, -0.25) is 4.90 Å². The average molecular weight is 327 g/mol. The van der Waals surface area contributed by atoms with E-state index in [0.717, 1.165) is 42.0 Å². The molecule has 2 N–H and O–H groups in total. The van der Waals surface area contributed by atoms with Crippen LogP contribution in [0.25, 0.3) is 0 Å². The van der Waals surface area contributed by atoms with Crippen molar-refractivity contribution in [2.24, 2.45) is 5.73 Å². The van der Waals surface area contributed by atoms with Gasteiger partial charge in [0, 0.05) is 23.6 Å². The fraction of sp³-hybridized carbons (Fsp3) is 0.571. The van der Waals surface area contributed by atoms with Crippen LogP contribution in [0.3, 0.4) is 0 Å². The molecular weight excluding hydrogens is 308 g/mol. The van der Waals surface area contributed by atoms with Gasteiger partial charge in [-0.15, -0.1) is 0 Å². The zero-order valence-electron chi connectivity index (χ0n) is 10.9. The molecule has 1 aromatic rings. The summed E-state index contributed by atoms with van der Waals surface area (Å²) in [6, 6.07) is 4.40. The first-order valence-corrected chi connectivity index (χ1v) is 7.57. The van der Waals surface area contributed by atoms with Crippen LogP contribution >= 0.6 is 15.9 Å². The van der Waals surface area contributed by atoms with E-state index in [1.165, 1.54) is 12.0 Å². The standard InChI is InChI=1S/C14H19BrN2O2/c15-12-7-14-13(18-4-5-19-14)6-10(12)8-17-3-1-2-11(16)9-17/h6-7,11H,1-5,8-9,16H2. The molecule has 19 heavy (non-hydrogen) atoms. The summed E-state index contributed by atoms with van der Waals surface area (Å²) in [7, 11) is 0. The molecule has 1 saturated heterocycles. The second-order valence-electron chi connectivity index (χ2n) is 5.22. The average Bonchev–Trinajstić information content (AvgIpc) is 2.40. The molecule has 2 aliphatic heterocycles. The highest BCUT2D eigenvalue weighted by Crippen LogP contribution is 2.36. The number of hydrogen-bond acceptors (Lipinski definition) is 4. The van der Waals surface area contributed by atoms with Crippen LogP contribution in [0.15, 0.2) is 16.6 Å². The molecule has 104 valence electrons. The van der Waals surface area contributed by atoms with Crippen LogP contribution < -0.4 is 15.2 Å². The van der Waals surface area contributed by atoms with Crippen molar-refractivity contribution >= 4 is 15.9 Å². The van der Waals surface area contributed by atoms with E-state index in [9.17, 15) is 0 Å². The number of nitrogens with zero attached hydrogens (tertiary/aromatic N) is 1. The van der Waals surface area contributed by atoms with E-state index >= 15 is 0 Å². The summed E-state index contributed by atoms with van der Waals surface area (Å²) in [6.45, 7) is 4.25. The smallest absolute Gasteiger partial charge is 0.162 e. The number of ether oxygens (including phenoxy) is 2. The number of piperidine rings is 1. The van der Waals surface area contributed by atoms with E-state index in [-0.39, 0.29) is 0 Å². The molecule has 1 aromatic carbocycles. The van der Waals surface area contributed by atoms with E-state index in [2.05, 4.69) is 26.9 Å². The number of fused-ring (bicyclic) bond motifs is 1. The summed E-state index contributed by atoms with van der Waals surface area (Å²) >= 11 is 3.62. The topological polar surface area (TPSA) is 47.7 Å². The van der Waals surface area contributed by atoms with Crippen molar-refractivity contribution < 1.29 is 9.47 Å². The minimum absolute atomic E-state index is 0.310. The molecule has 4 nitrogen and oxygen atoms in total. The van der Waals surface area contributed by atoms with Gasteiger partial charge in [0.1, 0.15) is 13.2 Å². The molecule has 0 aromatic heterocycles. The van der Waals surface area contributed by atoms with Crippen molar-refractivity contribution in [2.75, 3.05) is 26.3 Å². The SMILES string of the molecule is NC1CCCN(Cc2cc3c(cc2Br)OCCO3)C1. The van der Waals surface area contributed by atoms with Crippen LogP contribution in [0, 0.1) is 0 Å². The van der Waals surface area contributed by atoms with Crippen LogP contribution in [-0.4, -0.2) is 37.2 Å². The highest BCUT2D eigenvalue weighted by Gasteiger charge is 2.20. The fourth-order valence-corrected chi connectivity index (χ4v) is 3.15. The molecule has 0 amide bonds. The van der Waals surface area contributed by atoms with Crippen molar-refractivity contribution in [1.82, 2.24) is 4.90 Å². The highest BCUT2D eigenvalue weighted by atomic mass is 79.9. The van der Waals surface area contributed by atoms with Crippen molar-refractivity contribution in [3.05, 3.63) is 22.2 Å². The number of rotatable bonds is 2. The number of benzene rings is 1. The molecule has 0 radical (unpaired) electrons. The maximum atomic E-state index is 6.03. The first-order chi connectivity index (χ1) is 9.22. The minimum atomic E-state index is 0.310. The van der Waals surface area contributed by atoms with Gasteiger partial charge >= 0.3 is 0 Å². The number of hydrogen-bond donors (Lipinski definition) is 1. The van der Waals surface area contributed by atoms with Gasteiger partial charge in [-0.2, -0.15) is 0 Å². The van der Waals surface area contributed by atoms with Crippen molar-refractivity contribution in [1.29, 1.82) is 0 Å². The van der Waals surface area contributed by atoms with Crippen LogP contribution in [0.2, 0.25) is 0 Å². The predicted octanol–water partition coefficient (Wildman–Crippen LogP) is 2.14. The molecule has 0 aliphatic carbocycles. The Hall–Kier alpha value is -0.780. The lowest BCUT2D eigenvalue weighted by atomic mass is 10.1. The third kappa shape index (κ3) is 3.04. The molecule has 2 aliphatic rings. The van der Waals surface area contributed by atoms with E-state index < -0.39 is 0 Å². The van der Waals surface area contributed by atoms with E-state index in [0.29, 0.717) is 19.3 Å². The van der Waals surface area contributed by atoms with Gasteiger partial charge < -0.3 is 15.2 Å². The molecule has 1 fully saturated rings. The molecule has 5 heteroatoms. The normalized spacial score (nSPS) is 23.4. The van der Waals surface area contributed by atoms with Crippen LogP contribution in [0.1, 0.15) is 18.4 Å². The van der Waals surface area contributed by atoms with Gasteiger partial charge in [0.25, 0.3) is 0 Å². The Morgan fingerprint density at radius 3 is 2.74 bits per heavy atom. The largest absolute Gasteiger partial charge is 0.486 e. The Morgan fingerprint density at radius 2 is 2.00 bits per heavy atom. The Morgan fingerprint density at radius 1 is 1.26 bits per heavy atom. The first-order valence-electron chi connectivity index (χ1n) is 6.78. The molecule has 0 saturated carbocycles. The molecule has 0 spiro atoms. The van der Waals surface area contributed by atoms with E-state index in [1.807, 2.05) is 6.07 Å². The maximum absolute atomic E-state index is 6.03. The lowest BCUT2D eigenvalue weighted by molar-refractivity contribution is 0.170. The first kappa shape index (κ1) is 13.2. The minimum Gasteiger partial charge on any atom is -0.486 e. The zero-order chi connectivity index (χ0) is 13.2. The lowest BCUT2D eigenvalue weighted by Crippen LogP contribution is -2.42. The second kappa shape index (κ2) is 5.69.